The van der Waals surface area contributed by atoms with E-state index in [4.69, 9.17) is 0 Å². The van der Waals surface area contributed by atoms with Gasteiger partial charge in [0.15, 0.2) is 0 Å². The van der Waals surface area contributed by atoms with Gasteiger partial charge in [-0.2, -0.15) is 0 Å². The molecule has 0 aromatic heterocycles. The average Bonchev–Trinajstić information content (AvgIpc) is 2.43. The second kappa shape index (κ2) is 6.71. The number of halogens is 2. The lowest BCUT2D eigenvalue weighted by Crippen LogP contribution is -2.07. The summed E-state index contributed by atoms with van der Waals surface area (Å²) < 4.78 is 14.4. The zero-order chi connectivity index (χ0) is 13.7. The Bertz CT molecular complexity index is 528. The van der Waals surface area contributed by atoms with Crippen LogP contribution in [0.2, 0.25) is 0 Å². The minimum Gasteiger partial charge on any atom is -0.383 e. The van der Waals surface area contributed by atoms with E-state index >= 15 is 0 Å². The maximum absolute atomic E-state index is 13.5. The quantitative estimate of drug-likeness (QED) is 0.798. The lowest BCUT2D eigenvalue weighted by atomic mass is 9.98. The van der Waals surface area contributed by atoms with Crippen molar-refractivity contribution in [1.29, 1.82) is 0 Å². The molecule has 0 amide bonds. The van der Waals surface area contributed by atoms with Gasteiger partial charge in [-0.25, -0.2) is 4.39 Å². The molecule has 2 rings (SSSR count). The number of benzene rings is 2. The number of nitrogens with one attached hydrogen (secondary N) is 1. The Morgan fingerprint density at radius 2 is 1.89 bits per heavy atom. The van der Waals surface area contributed by atoms with E-state index in [-0.39, 0.29) is 5.82 Å². The van der Waals surface area contributed by atoms with Gasteiger partial charge >= 0.3 is 0 Å². The summed E-state index contributed by atoms with van der Waals surface area (Å²) in [6.45, 7) is 2.94. The Morgan fingerprint density at radius 3 is 2.63 bits per heavy atom. The molecule has 0 aliphatic rings. The van der Waals surface area contributed by atoms with Crippen LogP contribution in [0.4, 0.5) is 10.1 Å². The Balaban J connectivity index is 1.88. The molecular weight excluding hydrogens is 305 g/mol. The summed E-state index contributed by atoms with van der Waals surface area (Å²) in [7, 11) is 0. The molecule has 0 aliphatic carbocycles. The van der Waals surface area contributed by atoms with Crippen molar-refractivity contribution in [3.63, 3.8) is 0 Å². The van der Waals surface area contributed by atoms with Gasteiger partial charge in [0, 0.05) is 11.0 Å². The lowest BCUT2D eigenvalue weighted by Gasteiger charge is -2.13. The van der Waals surface area contributed by atoms with Crippen molar-refractivity contribution < 1.29 is 4.39 Å². The van der Waals surface area contributed by atoms with Crippen molar-refractivity contribution in [3.05, 3.63) is 64.4 Å². The van der Waals surface area contributed by atoms with Gasteiger partial charge in [-0.1, -0.05) is 53.2 Å². The highest BCUT2D eigenvalue weighted by atomic mass is 79.9. The van der Waals surface area contributed by atoms with Crippen LogP contribution in [0.5, 0.6) is 0 Å². The van der Waals surface area contributed by atoms with E-state index < -0.39 is 0 Å². The van der Waals surface area contributed by atoms with Crippen LogP contribution in [0.3, 0.4) is 0 Å². The molecule has 3 heteroatoms. The zero-order valence-corrected chi connectivity index (χ0v) is 12.5. The van der Waals surface area contributed by atoms with Gasteiger partial charge in [0.2, 0.25) is 0 Å². The number of rotatable bonds is 5. The van der Waals surface area contributed by atoms with Crippen LogP contribution in [0.15, 0.2) is 53.0 Å². The summed E-state index contributed by atoms with van der Waals surface area (Å²) in [6, 6.07) is 15.3. The molecule has 0 heterocycles. The van der Waals surface area contributed by atoms with Crippen molar-refractivity contribution in [2.24, 2.45) is 0 Å². The van der Waals surface area contributed by atoms with Gasteiger partial charge in [-0.3, -0.25) is 0 Å². The predicted molar refractivity (Wildman–Crippen MR) is 82.1 cm³/mol. The molecular formula is C16H17BrFN. The van der Waals surface area contributed by atoms with Crippen molar-refractivity contribution in [1.82, 2.24) is 0 Å². The van der Waals surface area contributed by atoms with Gasteiger partial charge in [0.25, 0.3) is 0 Å². The van der Waals surface area contributed by atoms with Crippen LogP contribution >= 0.6 is 15.9 Å². The van der Waals surface area contributed by atoms with E-state index in [0.29, 0.717) is 11.6 Å². The standard InChI is InChI=1S/C16H17BrFN/c1-12(13-5-3-2-4-6-13)9-10-19-16-11-14(17)7-8-15(16)18/h2-8,11-12,19H,9-10H2,1H3. The molecule has 1 atom stereocenters. The van der Waals surface area contributed by atoms with E-state index in [1.807, 2.05) is 18.2 Å². The third kappa shape index (κ3) is 4.06. The van der Waals surface area contributed by atoms with Crippen LogP contribution in [0, 0.1) is 5.82 Å². The monoisotopic (exact) mass is 321 g/mol. The van der Waals surface area contributed by atoms with Crippen molar-refractivity contribution in [3.8, 4) is 0 Å². The highest BCUT2D eigenvalue weighted by molar-refractivity contribution is 9.10. The van der Waals surface area contributed by atoms with Crippen molar-refractivity contribution in [2.75, 3.05) is 11.9 Å². The molecule has 0 bridgehead atoms. The first-order chi connectivity index (χ1) is 9.16. The highest BCUT2D eigenvalue weighted by Crippen LogP contribution is 2.22. The minimum absolute atomic E-state index is 0.212. The Labute approximate surface area is 122 Å². The van der Waals surface area contributed by atoms with E-state index in [1.165, 1.54) is 11.6 Å². The molecule has 2 aromatic carbocycles. The summed E-state index contributed by atoms with van der Waals surface area (Å²) in [5, 5.41) is 3.15. The molecule has 0 saturated heterocycles. The molecule has 1 nitrogen and oxygen atoms in total. The maximum Gasteiger partial charge on any atom is 0.146 e. The third-order valence-corrected chi connectivity index (χ3v) is 3.68. The fraction of sp³-hybridized carbons (Fsp3) is 0.250. The van der Waals surface area contributed by atoms with Crippen LogP contribution < -0.4 is 5.32 Å². The van der Waals surface area contributed by atoms with Crippen LogP contribution in [0.25, 0.3) is 0 Å². The first-order valence-electron chi connectivity index (χ1n) is 6.40. The molecule has 0 aliphatic heterocycles. The summed E-state index contributed by atoms with van der Waals surface area (Å²) in [6.07, 6.45) is 0.968. The second-order valence-electron chi connectivity index (χ2n) is 4.65. The van der Waals surface area contributed by atoms with Gasteiger partial charge in [0.05, 0.1) is 5.69 Å². The topological polar surface area (TPSA) is 12.0 Å². The summed E-state index contributed by atoms with van der Waals surface area (Å²) in [4.78, 5) is 0. The number of hydrogen-bond acceptors (Lipinski definition) is 1. The summed E-state index contributed by atoms with van der Waals surface area (Å²) in [5.74, 6) is 0.250. The molecule has 1 N–H and O–H groups in total. The first kappa shape index (κ1) is 14.1. The fourth-order valence-corrected chi connectivity index (χ4v) is 2.37. The smallest absolute Gasteiger partial charge is 0.146 e. The average molecular weight is 322 g/mol. The molecule has 0 saturated carbocycles. The minimum atomic E-state index is -0.212. The number of hydrogen-bond donors (Lipinski definition) is 1. The van der Waals surface area contributed by atoms with Crippen LogP contribution in [-0.2, 0) is 0 Å². The van der Waals surface area contributed by atoms with Gasteiger partial charge in [-0.15, -0.1) is 0 Å². The molecule has 0 radical (unpaired) electrons. The third-order valence-electron chi connectivity index (χ3n) is 3.19. The van der Waals surface area contributed by atoms with Crippen LogP contribution in [0.1, 0.15) is 24.8 Å². The first-order valence-corrected chi connectivity index (χ1v) is 7.20. The summed E-state index contributed by atoms with van der Waals surface area (Å²) in [5.41, 5.74) is 1.87. The van der Waals surface area contributed by atoms with E-state index in [1.54, 1.807) is 12.1 Å². The predicted octanol–water partition coefficient (Wildman–Crippen LogP) is 5.19. The van der Waals surface area contributed by atoms with Gasteiger partial charge < -0.3 is 5.32 Å². The number of anilines is 1. The van der Waals surface area contributed by atoms with E-state index in [2.05, 4.69) is 40.3 Å². The largest absolute Gasteiger partial charge is 0.383 e. The SMILES string of the molecule is CC(CCNc1cc(Br)ccc1F)c1ccccc1. The maximum atomic E-state index is 13.5. The highest BCUT2D eigenvalue weighted by Gasteiger charge is 2.06. The normalized spacial score (nSPS) is 12.2. The lowest BCUT2D eigenvalue weighted by molar-refractivity contribution is 0.627. The molecule has 0 fully saturated rings. The van der Waals surface area contributed by atoms with Gasteiger partial charge in [0.1, 0.15) is 5.82 Å². The zero-order valence-electron chi connectivity index (χ0n) is 10.9. The van der Waals surface area contributed by atoms with Crippen molar-refractivity contribution >= 4 is 21.6 Å². The Kier molecular flexibility index (Phi) is 4.97. The second-order valence-corrected chi connectivity index (χ2v) is 5.57. The fourth-order valence-electron chi connectivity index (χ4n) is 2.00. The van der Waals surface area contributed by atoms with E-state index in [9.17, 15) is 4.39 Å². The Morgan fingerprint density at radius 1 is 1.16 bits per heavy atom. The summed E-state index contributed by atoms with van der Waals surface area (Å²) >= 11 is 3.35. The molecule has 100 valence electrons. The molecule has 1 unspecified atom stereocenters. The Hall–Kier alpha value is -1.35. The van der Waals surface area contributed by atoms with Gasteiger partial charge in [-0.05, 0) is 36.1 Å². The molecule has 2 aromatic rings. The molecule has 19 heavy (non-hydrogen) atoms. The molecule has 0 spiro atoms. The van der Waals surface area contributed by atoms with Crippen LogP contribution in [-0.4, -0.2) is 6.54 Å². The van der Waals surface area contributed by atoms with Crippen molar-refractivity contribution in [2.45, 2.75) is 19.3 Å². The van der Waals surface area contributed by atoms with E-state index in [0.717, 1.165) is 17.4 Å².